The summed E-state index contributed by atoms with van der Waals surface area (Å²) in [4.78, 5) is 39.9. The molecule has 1 fully saturated rings. The monoisotopic (exact) mass is 399 g/mol. The zero-order valence-corrected chi connectivity index (χ0v) is 15.7. The highest BCUT2D eigenvalue weighted by Crippen LogP contribution is 2.30. The molecule has 3 amide bonds. The third-order valence-electron chi connectivity index (χ3n) is 4.84. The van der Waals surface area contributed by atoms with Crippen molar-refractivity contribution in [1.29, 1.82) is 0 Å². The molecule has 0 spiro atoms. The molecule has 9 nitrogen and oxygen atoms in total. The van der Waals surface area contributed by atoms with E-state index >= 15 is 0 Å². The summed E-state index contributed by atoms with van der Waals surface area (Å²) in [6, 6.07) is 10.5. The molecule has 1 saturated heterocycles. The van der Waals surface area contributed by atoms with E-state index in [0.29, 0.717) is 31.2 Å². The summed E-state index contributed by atoms with van der Waals surface area (Å²) in [5.74, 6) is 0.000333. The summed E-state index contributed by atoms with van der Waals surface area (Å²) in [5.41, 5.74) is 0. The molecule has 2 aliphatic rings. The van der Waals surface area contributed by atoms with Gasteiger partial charge in [-0.15, -0.1) is 0 Å². The van der Waals surface area contributed by atoms with Crippen LogP contribution in [-0.2, 0) is 9.59 Å². The first-order valence-corrected chi connectivity index (χ1v) is 9.40. The van der Waals surface area contributed by atoms with E-state index in [9.17, 15) is 14.4 Å². The summed E-state index contributed by atoms with van der Waals surface area (Å²) in [5, 5.41) is 2.61. The van der Waals surface area contributed by atoms with Crippen molar-refractivity contribution in [2.75, 3.05) is 39.3 Å². The van der Waals surface area contributed by atoms with Gasteiger partial charge in [0.2, 0.25) is 0 Å². The molecule has 0 saturated carbocycles. The van der Waals surface area contributed by atoms with E-state index in [1.165, 1.54) is 11.2 Å². The molecule has 0 bridgehead atoms. The van der Waals surface area contributed by atoms with Crippen LogP contribution >= 0.6 is 0 Å². The molecule has 152 valence electrons. The van der Waals surface area contributed by atoms with Crippen molar-refractivity contribution in [3.63, 3.8) is 0 Å². The maximum atomic E-state index is 12.4. The van der Waals surface area contributed by atoms with E-state index in [-0.39, 0.29) is 37.4 Å². The second-order valence-electron chi connectivity index (χ2n) is 6.77. The Hall–Kier alpha value is -3.49. The van der Waals surface area contributed by atoms with Crippen molar-refractivity contribution < 1.29 is 28.3 Å². The Labute approximate surface area is 167 Å². The number of para-hydroxylation sites is 2. The molecule has 1 aromatic carbocycles. The van der Waals surface area contributed by atoms with Gasteiger partial charge in [0, 0.05) is 26.2 Å². The van der Waals surface area contributed by atoms with Crippen molar-refractivity contribution in [2.45, 2.75) is 6.10 Å². The highest BCUT2D eigenvalue weighted by atomic mass is 16.6. The summed E-state index contributed by atoms with van der Waals surface area (Å²) in [6.45, 7) is 1.71. The molecule has 3 heterocycles. The number of ether oxygens (including phenoxy) is 2. The molecule has 2 aromatic rings. The lowest BCUT2D eigenvalue weighted by Gasteiger charge is -2.34. The Balaban J connectivity index is 1.23. The molecular formula is C20H21N3O6. The molecule has 0 radical (unpaired) electrons. The Morgan fingerprint density at radius 1 is 0.966 bits per heavy atom. The van der Waals surface area contributed by atoms with Gasteiger partial charge < -0.3 is 29.0 Å². The van der Waals surface area contributed by atoms with Crippen LogP contribution in [0.1, 0.15) is 10.6 Å². The predicted octanol–water partition coefficient (Wildman–Crippen LogP) is 0.520. The van der Waals surface area contributed by atoms with Crippen LogP contribution in [0.5, 0.6) is 11.5 Å². The van der Waals surface area contributed by atoms with E-state index in [1.807, 2.05) is 18.2 Å². The number of amides is 3. The van der Waals surface area contributed by atoms with Crippen molar-refractivity contribution in [3.8, 4) is 11.5 Å². The van der Waals surface area contributed by atoms with Gasteiger partial charge in [-0.2, -0.15) is 0 Å². The van der Waals surface area contributed by atoms with Gasteiger partial charge in [0.25, 0.3) is 5.91 Å². The summed E-state index contributed by atoms with van der Waals surface area (Å²) >= 11 is 0. The smallest absolute Gasteiger partial charge is 0.312 e. The molecule has 4 rings (SSSR count). The van der Waals surface area contributed by atoms with E-state index in [4.69, 9.17) is 13.9 Å². The number of nitrogens with zero attached hydrogens (tertiary/aromatic N) is 2. The minimum Gasteiger partial charge on any atom is -0.486 e. The first-order valence-electron chi connectivity index (χ1n) is 9.40. The minimum absolute atomic E-state index is 0.163. The van der Waals surface area contributed by atoms with Crippen LogP contribution < -0.4 is 14.8 Å². The van der Waals surface area contributed by atoms with Gasteiger partial charge in [0.1, 0.15) is 12.7 Å². The van der Waals surface area contributed by atoms with Gasteiger partial charge in [0.05, 0.1) is 12.8 Å². The van der Waals surface area contributed by atoms with Gasteiger partial charge in [0.15, 0.2) is 17.3 Å². The topological polar surface area (TPSA) is 101 Å². The first kappa shape index (κ1) is 18.9. The summed E-state index contributed by atoms with van der Waals surface area (Å²) < 4.78 is 16.5. The van der Waals surface area contributed by atoms with Gasteiger partial charge in [-0.1, -0.05) is 12.1 Å². The molecule has 1 aromatic heterocycles. The minimum atomic E-state index is -0.696. The van der Waals surface area contributed by atoms with Crippen molar-refractivity contribution in [2.24, 2.45) is 0 Å². The quantitative estimate of drug-likeness (QED) is 0.756. The number of hydrogen-bond acceptors (Lipinski definition) is 6. The number of carbonyl (C=O) groups is 3. The van der Waals surface area contributed by atoms with E-state index in [2.05, 4.69) is 5.32 Å². The van der Waals surface area contributed by atoms with E-state index in [1.54, 1.807) is 23.1 Å². The number of fused-ring (bicyclic) bond motifs is 1. The predicted molar refractivity (Wildman–Crippen MR) is 101 cm³/mol. The number of furan rings is 1. The second kappa shape index (κ2) is 8.26. The van der Waals surface area contributed by atoms with Crippen molar-refractivity contribution in [1.82, 2.24) is 15.1 Å². The van der Waals surface area contributed by atoms with Crippen molar-refractivity contribution >= 4 is 17.7 Å². The maximum Gasteiger partial charge on any atom is 0.312 e. The van der Waals surface area contributed by atoms with Crippen LogP contribution in [0, 0.1) is 0 Å². The Morgan fingerprint density at radius 2 is 1.69 bits per heavy atom. The lowest BCUT2D eigenvalue weighted by atomic mass is 10.2. The van der Waals surface area contributed by atoms with Crippen LogP contribution in [-0.4, -0.2) is 73.0 Å². The number of benzene rings is 1. The molecule has 1 unspecified atom stereocenters. The van der Waals surface area contributed by atoms with Crippen LogP contribution in [0.4, 0.5) is 0 Å². The van der Waals surface area contributed by atoms with Gasteiger partial charge in [-0.05, 0) is 24.3 Å². The second-order valence-corrected chi connectivity index (χ2v) is 6.77. The molecule has 1 atom stereocenters. The van der Waals surface area contributed by atoms with Crippen molar-refractivity contribution in [3.05, 3.63) is 48.4 Å². The van der Waals surface area contributed by atoms with Gasteiger partial charge >= 0.3 is 11.8 Å². The third-order valence-corrected chi connectivity index (χ3v) is 4.84. The Morgan fingerprint density at radius 3 is 2.41 bits per heavy atom. The van der Waals surface area contributed by atoms with Gasteiger partial charge in [-0.25, -0.2) is 0 Å². The zero-order valence-electron chi connectivity index (χ0n) is 15.7. The number of nitrogens with one attached hydrogen (secondary N) is 1. The lowest BCUT2D eigenvalue weighted by molar-refractivity contribution is -0.147. The maximum absolute atomic E-state index is 12.4. The Kier molecular flexibility index (Phi) is 5.37. The van der Waals surface area contributed by atoms with Crippen LogP contribution in [0.2, 0.25) is 0 Å². The average Bonchev–Trinajstić information content (AvgIpc) is 3.31. The fraction of sp³-hybridized carbons (Fsp3) is 0.350. The molecular weight excluding hydrogens is 378 g/mol. The molecule has 2 aliphatic heterocycles. The highest BCUT2D eigenvalue weighted by Gasteiger charge is 2.30. The van der Waals surface area contributed by atoms with Crippen LogP contribution in [0.3, 0.4) is 0 Å². The normalized spacial score (nSPS) is 18.3. The van der Waals surface area contributed by atoms with E-state index < -0.39 is 11.8 Å². The van der Waals surface area contributed by atoms with Crippen LogP contribution in [0.15, 0.2) is 47.1 Å². The molecule has 1 N–H and O–H groups in total. The zero-order chi connectivity index (χ0) is 20.2. The molecule has 29 heavy (non-hydrogen) atoms. The largest absolute Gasteiger partial charge is 0.486 e. The van der Waals surface area contributed by atoms with Gasteiger partial charge in [-0.3, -0.25) is 14.4 Å². The molecule has 9 heteroatoms. The number of carbonyl (C=O) groups excluding carboxylic acids is 3. The summed E-state index contributed by atoms with van der Waals surface area (Å²) in [6.07, 6.45) is 1.07. The Bertz CT molecular complexity index is 889. The SMILES string of the molecule is O=C(NCC1COc2ccccc2O1)C(=O)N1CCN(C(=O)c2ccco2)CC1. The molecule has 0 aliphatic carbocycles. The summed E-state index contributed by atoms with van der Waals surface area (Å²) in [7, 11) is 0. The number of hydrogen-bond donors (Lipinski definition) is 1. The highest BCUT2D eigenvalue weighted by molar-refractivity contribution is 6.35. The average molecular weight is 399 g/mol. The lowest BCUT2D eigenvalue weighted by Crippen LogP contribution is -2.54. The first-order chi connectivity index (χ1) is 14.1. The third kappa shape index (κ3) is 4.18. The number of piperazine rings is 1. The fourth-order valence-electron chi connectivity index (χ4n) is 3.26. The number of rotatable bonds is 3. The van der Waals surface area contributed by atoms with Crippen LogP contribution in [0.25, 0.3) is 0 Å². The fourth-order valence-corrected chi connectivity index (χ4v) is 3.26. The standard InChI is InChI=1S/C20H21N3O6/c24-18(21-12-14-13-28-15-4-1-2-5-16(15)29-14)20(26)23-9-7-22(8-10-23)19(25)17-6-3-11-27-17/h1-6,11,14H,7-10,12-13H2,(H,21,24). The van der Waals surface area contributed by atoms with E-state index in [0.717, 1.165) is 0 Å².